The topological polar surface area (TPSA) is 26.2 Å². The second-order valence-corrected chi connectivity index (χ2v) is 4.87. The highest BCUT2D eigenvalue weighted by atomic mass is 16.5. The van der Waals surface area contributed by atoms with E-state index in [-0.39, 0.29) is 0 Å². The molecule has 0 saturated carbocycles. The Hall–Kier alpha value is -0.800. The van der Waals surface area contributed by atoms with E-state index in [9.17, 15) is 0 Å². The Morgan fingerprint density at radius 3 is 2.61 bits per heavy atom. The third kappa shape index (κ3) is 4.46. The molecule has 3 nitrogen and oxygen atoms in total. The number of ether oxygens (including phenoxy) is 1. The van der Waals surface area contributed by atoms with Gasteiger partial charge in [0.1, 0.15) is 0 Å². The third-order valence-corrected chi connectivity index (χ3v) is 3.51. The van der Waals surface area contributed by atoms with Crippen molar-refractivity contribution in [3.8, 4) is 0 Å². The van der Waals surface area contributed by atoms with E-state index in [1.807, 2.05) is 0 Å². The van der Waals surface area contributed by atoms with Crippen LogP contribution in [0.3, 0.4) is 0 Å². The zero-order valence-electron chi connectivity index (χ0n) is 12.4. The van der Waals surface area contributed by atoms with E-state index in [2.05, 4.69) is 36.7 Å². The van der Waals surface area contributed by atoms with Gasteiger partial charge in [-0.1, -0.05) is 0 Å². The van der Waals surface area contributed by atoms with Crippen LogP contribution < -0.4 is 5.32 Å². The Morgan fingerprint density at radius 2 is 2.00 bits per heavy atom. The van der Waals surface area contributed by atoms with E-state index in [0.717, 1.165) is 26.2 Å². The van der Waals surface area contributed by atoms with Crippen molar-refractivity contribution in [2.24, 2.45) is 0 Å². The minimum absolute atomic E-state index is 0.887. The zero-order valence-corrected chi connectivity index (χ0v) is 12.4. The molecule has 0 fully saturated rings. The van der Waals surface area contributed by atoms with Gasteiger partial charge in [-0.2, -0.15) is 0 Å². The van der Waals surface area contributed by atoms with Crippen LogP contribution in [0.4, 0.5) is 0 Å². The van der Waals surface area contributed by atoms with Gasteiger partial charge in [-0.25, -0.2) is 0 Å². The number of hydrogen-bond acceptors (Lipinski definition) is 2. The number of methoxy groups -OCH3 is 1. The lowest BCUT2D eigenvalue weighted by molar-refractivity contribution is 0.192. The summed E-state index contributed by atoms with van der Waals surface area (Å²) in [4.78, 5) is 0. The van der Waals surface area contributed by atoms with Crippen LogP contribution in [-0.2, 0) is 17.8 Å². The first-order valence-electron chi connectivity index (χ1n) is 7.06. The summed E-state index contributed by atoms with van der Waals surface area (Å²) in [6.45, 7) is 10.6. The van der Waals surface area contributed by atoms with Gasteiger partial charge in [-0.05, 0) is 58.2 Å². The van der Waals surface area contributed by atoms with Crippen molar-refractivity contribution in [3.63, 3.8) is 0 Å². The largest absolute Gasteiger partial charge is 0.385 e. The van der Waals surface area contributed by atoms with E-state index in [4.69, 9.17) is 4.74 Å². The molecule has 1 rings (SSSR count). The number of aryl methyl sites for hydroxylation is 1. The molecule has 0 amide bonds. The minimum Gasteiger partial charge on any atom is -0.385 e. The van der Waals surface area contributed by atoms with E-state index in [1.54, 1.807) is 7.11 Å². The van der Waals surface area contributed by atoms with Gasteiger partial charge < -0.3 is 14.6 Å². The van der Waals surface area contributed by atoms with Crippen LogP contribution in [0.15, 0.2) is 6.07 Å². The number of rotatable bonds is 9. The zero-order chi connectivity index (χ0) is 13.4. The molecule has 104 valence electrons. The molecule has 0 spiro atoms. The van der Waals surface area contributed by atoms with Crippen molar-refractivity contribution in [1.82, 2.24) is 9.88 Å². The monoisotopic (exact) mass is 252 g/mol. The summed E-state index contributed by atoms with van der Waals surface area (Å²) in [5.74, 6) is 0. The molecule has 0 aliphatic rings. The number of unbranched alkanes of at least 4 members (excludes halogenated alkanes) is 2. The van der Waals surface area contributed by atoms with Crippen LogP contribution in [0.2, 0.25) is 0 Å². The van der Waals surface area contributed by atoms with E-state index < -0.39 is 0 Å². The minimum atomic E-state index is 0.887. The van der Waals surface area contributed by atoms with Crippen LogP contribution in [0.5, 0.6) is 0 Å². The maximum absolute atomic E-state index is 5.04. The molecule has 0 radical (unpaired) electrons. The van der Waals surface area contributed by atoms with Gasteiger partial charge >= 0.3 is 0 Å². The average Bonchev–Trinajstić information content (AvgIpc) is 2.63. The van der Waals surface area contributed by atoms with Gasteiger partial charge in [0.25, 0.3) is 0 Å². The molecule has 0 aliphatic heterocycles. The van der Waals surface area contributed by atoms with Crippen LogP contribution in [0, 0.1) is 13.8 Å². The molecule has 0 aromatic carbocycles. The number of nitrogens with zero attached hydrogens (tertiary/aromatic N) is 1. The summed E-state index contributed by atoms with van der Waals surface area (Å²) >= 11 is 0. The molecule has 0 aliphatic carbocycles. The van der Waals surface area contributed by atoms with E-state index >= 15 is 0 Å². The standard InChI is InChI=1S/C15H28N2O/c1-5-17-13(2)11-15(14(17)3)12-16-9-7-6-8-10-18-4/h11,16H,5-10,12H2,1-4H3. The summed E-state index contributed by atoms with van der Waals surface area (Å²) in [6, 6.07) is 2.30. The summed E-state index contributed by atoms with van der Waals surface area (Å²) < 4.78 is 7.41. The molecule has 1 N–H and O–H groups in total. The van der Waals surface area contributed by atoms with Crippen molar-refractivity contribution >= 4 is 0 Å². The van der Waals surface area contributed by atoms with Crippen molar-refractivity contribution < 1.29 is 4.74 Å². The highest BCUT2D eigenvalue weighted by molar-refractivity contribution is 5.26. The van der Waals surface area contributed by atoms with Gasteiger partial charge in [-0.3, -0.25) is 0 Å². The molecule has 3 heteroatoms. The lowest BCUT2D eigenvalue weighted by Gasteiger charge is -2.07. The molecule has 0 saturated heterocycles. The Morgan fingerprint density at radius 1 is 1.22 bits per heavy atom. The van der Waals surface area contributed by atoms with Crippen LogP contribution in [0.1, 0.15) is 43.1 Å². The van der Waals surface area contributed by atoms with Crippen LogP contribution in [-0.4, -0.2) is 24.8 Å². The Labute approximate surface area is 112 Å². The first-order valence-corrected chi connectivity index (χ1v) is 7.06. The first kappa shape index (κ1) is 15.3. The van der Waals surface area contributed by atoms with Gasteiger partial charge in [0.2, 0.25) is 0 Å². The van der Waals surface area contributed by atoms with Crippen molar-refractivity contribution in [1.29, 1.82) is 0 Å². The van der Waals surface area contributed by atoms with Gasteiger partial charge in [0, 0.05) is 38.2 Å². The predicted octanol–water partition coefficient (Wildman–Crippen LogP) is 3.03. The molecule has 1 aromatic heterocycles. The van der Waals surface area contributed by atoms with Gasteiger partial charge in [0.15, 0.2) is 0 Å². The Balaban J connectivity index is 2.23. The van der Waals surface area contributed by atoms with E-state index in [1.165, 1.54) is 36.2 Å². The highest BCUT2D eigenvalue weighted by Crippen LogP contribution is 2.14. The fourth-order valence-electron chi connectivity index (χ4n) is 2.43. The SMILES string of the molecule is CCn1c(C)cc(CNCCCCCOC)c1C. The van der Waals surface area contributed by atoms with Crippen molar-refractivity contribution in [2.45, 2.75) is 53.1 Å². The van der Waals surface area contributed by atoms with Crippen molar-refractivity contribution in [3.05, 3.63) is 23.0 Å². The smallest absolute Gasteiger partial charge is 0.0462 e. The molecule has 0 atom stereocenters. The Bertz CT molecular complexity index is 345. The number of hydrogen-bond donors (Lipinski definition) is 1. The fourth-order valence-corrected chi connectivity index (χ4v) is 2.43. The molecule has 1 aromatic rings. The molecule has 18 heavy (non-hydrogen) atoms. The maximum Gasteiger partial charge on any atom is 0.0462 e. The summed E-state index contributed by atoms with van der Waals surface area (Å²) in [6.07, 6.45) is 3.65. The summed E-state index contributed by atoms with van der Waals surface area (Å²) in [5, 5.41) is 3.53. The first-order chi connectivity index (χ1) is 8.70. The Kier molecular flexibility index (Phi) is 7.06. The maximum atomic E-state index is 5.04. The third-order valence-electron chi connectivity index (χ3n) is 3.51. The summed E-state index contributed by atoms with van der Waals surface area (Å²) in [7, 11) is 1.77. The van der Waals surface area contributed by atoms with Crippen LogP contribution in [0.25, 0.3) is 0 Å². The molecular formula is C15H28N2O. The second-order valence-electron chi connectivity index (χ2n) is 4.87. The normalized spacial score (nSPS) is 11.1. The lowest BCUT2D eigenvalue weighted by Crippen LogP contribution is -2.15. The van der Waals surface area contributed by atoms with Gasteiger partial charge in [-0.15, -0.1) is 0 Å². The quantitative estimate of drug-likeness (QED) is 0.684. The molecule has 0 bridgehead atoms. The summed E-state index contributed by atoms with van der Waals surface area (Å²) in [5.41, 5.74) is 4.21. The predicted molar refractivity (Wildman–Crippen MR) is 77.0 cm³/mol. The number of aromatic nitrogens is 1. The average molecular weight is 252 g/mol. The number of nitrogens with one attached hydrogen (secondary N) is 1. The van der Waals surface area contributed by atoms with Crippen molar-refractivity contribution in [2.75, 3.05) is 20.3 Å². The highest BCUT2D eigenvalue weighted by Gasteiger charge is 2.06. The van der Waals surface area contributed by atoms with Gasteiger partial charge in [0.05, 0.1) is 0 Å². The van der Waals surface area contributed by atoms with E-state index in [0.29, 0.717) is 0 Å². The molecular weight excluding hydrogens is 224 g/mol. The molecule has 0 unspecified atom stereocenters. The fraction of sp³-hybridized carbons (Fsp3) is 0.733. The van der Waals surface area contributed by atoms with Crippen LogP contribution >= 0.6 is 0 Å². The second kappa shape index (κ2) is 8.33. The lowest BCUT2D eigenvalue weighted by atomic mass is 10.2. The molecule has 1 heterocycles.